The first kappa shape index (κ1) is 23.4. The zero-order valence-corrected chi connectivity index (χ0v) is 19.2. The lowest BCUT2D eigenvalue weighted by molar-refractivity contribution is -0.121. The predicted molar refractivity (Wildman–Crippen MR) is 128 cm³/mol. The lowest BCUT2D eigenvalue weighted by atomic mass is 10.2. The van der Waals surface area contributed by atoms with E-state index in [-0.39, 0.29) is 17.2 Å². The number of hydrogen-bond acceptors (Lipinski definition) is 6. The van der Waals surface area contributed by atoms with Gasteiger partial charge in [0, 0.05) is 38.4 Å². The number of ether oxygens (including phenoxy) is 1. The van der Waals surface area contributed by atoms with Crippen molar-refractivity contribution < 1.29 is 13.9 Å². The van der Waals surface area contributed by atoms with Crippen molar-refractivity contribution in [2.75, 3.05) is 45.1 Å². The lowest BCUT2D eigenvalue weighted by Gasteiger charge is -2.26. The molecule has 1 aliphatic rings. The highest BCUT2D eigenvalue weighted by Crippen LogP contribution is 2.23. The Hall–Kier alpha value is -2.75. The molecule has 1 aliphatic heterocycles. The Balaban J connectivity index is 1.38. The summed E-state index contributed by atoms with van der Waals surface area (Å²) in [5.41, 5.74) is 0.427. The minimum atomic E-state index is -0.488. The maximum atomic E-state index is 14.5. The van der Waals surface area contributed by atoms with Crippen LogP contribution in [-0.4, -0.2) is 65.5 Å². The molecule has 1 amide bonds. The first-order valence-electron chi connectivity index (χ1n) is 11.1. The van der Waals surface area contributed by atoms with E-state index >= 15 is 0 Å². The molecule has 1 fully saturated rings. The van der Waals surface area contributed by atoms with Gasteiger partial charge in [0.25, 0.3) is 5.56 Å². The van der Waals surface area contributed by atoms with Crippen molar-refractivity contribution in [1.82, 2.24) is 19.8 Å². The standard InChI is InChI=1S/C24H27FN4O3S/c25-19-7-2-4-9-21(19)29-23(31)18-6-1-3-8-20(18)27-24(29)33-17-5-10-22(30)26-11-12-28-13-15-32-16-14-28/h1-4,6-9H,5,10-17H2,(H,26,30). The van der Waals surface area contributed by atoms with Crippen LogP contribution >= 0.6 is 11.8 Å². The summed E-state index contributed by atoms with van der Waals surface area (Å²) in [5, 5.41) is 3.80. The summed E-state index contributed by atoms with van der Waals surface area (Å²) < 4.78 is 21.2. The fraction of sp³-hybridized carbons (Fsp3) is 0.375. The highest BCUT2D eigenvalue weighted by atomic mass is 32.2. The summed E-state index contributed by atoms with van der Waals surface area (Å²) >= 11 is 1.35. The molecule has 1 saturated heterocycles. The summed E-state index contributed by atoms with van der Waals surface area (Å²) in [6, 6.07) is 13.2. The first-order valence-corrected chi connectivity index (χ1v) is 12.1. The monoisotopic (exact) mass is 470 g/mol. The Morgan fingerprint density at radius 1 is 1.12 bits per heavy atom. The van der Waals surface area contributed by atoms with Crippen LogP contribution in [0.4, 0.5) is 4.39 Å². The molecule has 1 N–H and O–H groups in total. The van der Waals surface area contributed by atoms with Gasteiger partial charge < -0.3 is 10.1 Å². The van der Waals surface area contributed by atoms with Crippen molar-refractivity contribution in [1.29, 1.82) is 0 Å². The molecular weight excluding hydrogens is 443 g/mol. The number of benzene rings is 2. The molecule has 0 unspecified atom stereocenters. The van der Waals surface area contributed by atoms with Gasteiger partial charge in [-0.3, -0.25) is 19.1 Å². The molecule has 0 spiro atoms. The largest absolute Gasteiger partial charge is 0.379 e. The minimum Gasteiger partial charge on any atom is -0.379 e. The average Bonchev–Trinajstić information content (AvgIpc) is 2.83. The van der Waals surface area contributed by atoms with Gasteiger partial charge in [-0.15, -0.1) is 0 Å². The Kier molecular flexibility index (Phi) is 8.09. The zero-order valence-electron chi connectivity index (χ0n) is 18.3. The van der Waals surface area contributed by atoms with Crippen LogP contribution in [0.3, 0.4) is 0 Å². The summed E-state index contributed by atoms with van der Waals surface area (Å²) in [5.74, 6) is 0.0934. The van der Waals surface area contributed by atoms with Gasteiger partial charge in [0.05, 0.1) is 29.8 Å². The Morgan fingerprint density at radius 3 is 2.70 bits per heavy atom. The number of carbonyl (C=O) groups is 1. The third-order valence-corrected chi connectivity index (χ3v) is 6.50. The lowest BCUT2D eigenvalue weighted by Crippen LogP contribution is -2.41. The number of para-hydroxylation sites is 2. The van der Waals surface area contributed by atoms with Gasteiger partial charge >= 0.3 is 0 Å². The number of nitrogens with zero attached hydrogens (tertiary/aromatic N) is 3. The number of halogens is 1. The first-order chi connectivity index (χ1) is 16.1. The molecule has 0 saturated carbocycles. The van der Waals surface area contributed by atoms with Gasteiger partial charge in [-0.25, -0.2) is 9.37 Å². The van der Waals surface area contributed by atoms with E-state index in [1.165, 1.54) is 22.4 Å². The van der Waals surface area contributed by atoms with Crippen LogP contribution in [-0.2, 0) is 9.53 Å². The Labute approximate surface area is 195 Å². The summed E-state index contributed by atoms with van der Waals surface area (Å²) in [6.45, 7) is 4.71. The zero-order chi connectivity index (χ0) is 23.0. The van der Waals surface area contributed by atoms with Crippen molar-refractivity contribution in [2.45, 2.75) is 18.0 Å². The molecule has 9 heteroatoms. The maximum absolute atomic E-state index is 14.5. The van der Waals surface area contributed by atoms with Crippen LogP contribution in [0.15, 0.2) is 58.5 Å². The number of hydrogen-bond donors (Lipinski definition) is 1. The van der Waals surface area contributed by atoms with Gasteiger partial charge in [0.15, 0.2) is 5.16 Å². The van der Waals surface area contributed by atoms with Crippen molar-refractivity contribution in [3.05, 3.63) is 64.7 Å². The van der Waals surface area contributed by atoms with Gasteiger partial charge in [-0.1, -0.05) is 36.0 Å². The van der Waals surface area contributed by atoms with Crippen LogP contribution in [0, 0.1) is 5.82 Å². The highest BCUT2D eigenvalue weighted by Gasteiger charge is 2.16. The van der Waals surface area contributed by atoms with Crippen molar-refractivity contribution >= 4 is 28.6 Å². The topological polar surface area (TPSA) is 76.5 Å². The fourth-order valence-electron chi connectivity index (χ4n) is 3.72. The number of fused-ring (bicyclic) bond motifs is 1. The van der Waals surface area contributed by atoms with E-state index in [9.17, 15) is 14.0 Å². The van der Waals surface area contributed by atoms with Gasteiger partial charge in [-0.2, -0.15) is 0 Å². The van der Waals surface area contributed by atoms with Crippen LogP contribution in [0.1, 0.15) is 12.8 Å². The maximum Gasteiger partial charge on any atom is 0.266 e. The van der Waals surface area contributed by atoms with E-state index < -0.39 is 5.82 Å². The number of morpholine rings is 1. The number of thioether (sulfide) groups is 1. The molecule has 0 atom stereocenters. The SMILES string of the molecule is O=C(CCCSc1nc2ccccc2c(=O)n1-c1ccccc1F)NCCN1CCOCC1. The number of rotatable bonds is 9. The van der Waals surface area contributed by atoms with E-state index in [1.54, 1.807) is 36.4 Å². The normalized spacial score (nSPS) is 14.5. The van der Waals surface area contributed by atoms with Crippen LogP contribution in [0.5, 0.6) is 0 Å². The van der Waals surface area contributed by atoms with Gasteiger partial charge in [0.2, 0.25) is 5.91 Å². The molecule has 7 nitrogen and oxygen atoms in total. The van der Waals surface area contributed by atoms with Crippen molar-refractivity contribution in [2.24, 2.45) is 0 Å². The summed E-state index contributed by atoms with van der Waals surface area (Å²) in [7, 11) is 0. The second-order valence-electron chi connectivity index (χ2n) is 7.76. The molecule has 3 aromatic rings. The number of nitrogens with one attached hydrogen (secondary N) is 1. The molecule has 4 rings (SSSR count). The molecule has 2 aromatic carbocycles. The number of aromatic nitrogens is 2. The van der Waals surface area contributed by atoms with Crippen LogP contribution < -0.4 is 10.9 Å². The molecule has 0 bridgehead atoms. The summed E-state index contributed by atoms with van der Waals surface area (Å²) in [4.78, 5) is 32.2. The predicted octanol–water partition coefficient (Wildman–Crippen LogP) is 2.85. The highest BCUT2D eigenvalue weighted by molar-refractivity contribution is 7.99. The Morgan fingerprint density at radius 2 is 1.88 bits per heavy atom. The quantitative estimate of drug-likeness (QED) is 0.295. The second-order valence-corrected chi connectivity index (χ2v) is 8.82. The van der Waals surface area contributed by atoms with Gasteiger partial charge in [-0.05, 0) is 30.7 Å². The molecule has 2 heterocycles. The third kappa shape index (κ3) is 5.98. The molecule has 0 aliphatic carbocycles. The van der Waals surface area contributed by atoms with E-state index in [4.69, 9.17) is 4.74 Å². The summed E-state index contributed by atoms with van der Waals surface area (Å²) in [6.07, 6.45) is 1.00. The van der Waals surface area contributed by atoms with Crippen LogP contribution in [0.2, 0.25) is 0 Å². The molecule has 33 heavy (non-hydrogen) atoms. The van der Waals surface area contributed by atoms with E-state index in [1.807, 2.05) is 6.07 Å². The molecule has 1 aromatic heterocycles. The smallest absolute Gasteiger partial charge is 0.266 e. The van der Waals surface area contributed by atoms with Gasteiger partial charge in [0.1, 0.15) is 5.82 Å². The molecule has 174 valence electrons. The van der Waals surface area contributed by atoms with Crippen molar-refractivity contribution in [3.8, 4) is 5.69 Å². The second kappa shape index (κ2) is 11.4. The number of carbonyl (C=O) groups excluding carboxylic acids is 1. The van der Waals surface area contributed by atoms with E-state index in [0.29, 0.717) is 41.2 Å². The molecular formula is C24H27FN4O3S. The number of amides is 1. The minimum absolute atomic E-state index is 0.00169. The molecule has 0 radical (unpaired) electrons. The average molecular weight is 471 g/mol. The van der Waals surface area contributed by atoms with Crippen LogP contribution in [0.25, 0.3) is 16.6 Å². The van der Waals surface area contributed by atoms with E-state index in [2.05, 4.69) is 15.2 Å². The third-order valence-electron chi connectivity index (χ3n) is 5.47. The fourth-order valence-corrected chi connectivity index (χ4v) is 4.66. The Bertz CT molecular complexity index is 1160. The van der Waals surface area contributed by atoms with E-state index in [0.717, 1.165) is 32.8 Å². The van der Waals surface area contributed by atoms with Crippen molar-refractivity contribution in [3.63, 3.8) is 0 Å².